The minimum atomic E-state index is -0.478. The Morgan fingerprint density at radius 2 is 1.75 bits per heavy atom. The van der Waals surface area contributed by atoms with Gasteiger partial charge in [-0.05, 0) is 42.0 Å². The number of epoxide rings is 1. The van der Waals surface area contributed by atoms with Gasteiger partial charge in [0, 0.05) is 5.56 Å². The van der Waals surface area contributed by atoms with Gasteiger partial charge in [-0.3, -0.25) is 4.79 Å². The van der Waals surface area contributed by atoms with Crippen LogP contribution in [0.3, 0.4) is 0 Å². The van der Waals surface area contributed by atoms with Crippen LogP contribution >= 0.6 is 0 Å². The first-order chi connectivity index (χ1) is 9.69. The second-order valence-corrected chi connectivity index (χ2v) is 4.62. The van der Waals surface area contributed by atoms with E-state index in [1.54, 1.807) is 43.5 Å². The molecule has 2 aromatic carbocycles. The van der Waals surface area contributed by atoms with Gasteiger partial charge in [0.15, 0.2) is 11.9 Å². The number of carbonyl (C=O) groups excluding carboxylic acids is 1. The Bertz CT molecular complexity index is 619. The summed E-state index contributed by atoms with van der Waals surface area (Å²) < 4.78 is 23.3. The molecule has 0 spiro atoms. The van der Waals surface area contributed by atoms with E-state index in [1.807, 2.05) is 0 Å². The number of Topliss-reactive ketones (excluding diaryl/α,β-unsaturated/α-hetero) is 1. The molecular formula is C16H13FO3. The van der Waals surface area contributed by atoms with Gasteiger partial charge in [0.1, 0.15) is 17.7 Å². The lowest BCUT2D eigenvalue weighted by molar-refractivity contribution is 0.0953. The molecule has 1 fully saturated rings. The molecular weight excluding hydrogens is 259 g/mol. The van der Waals surface area contributed by atoms with Crippen LogP contribution in [0.2, 0.25) is 0 Å². The number of hydrogen-bond acceptors (Lipinski definition) is 3. The highest BCUT2D eigenvalue weighted by Gasteiger charge is 2.46. The second kappa shape index (κ2) is 5.06. The summed E-state index contributed by atoms with van der Waals surface area (Å²) in [4.78, 5) is 12.2. The van der Waals surface area contributed by atoms with Gasteiger partial charge < -0.3 is 9.47 Å². The number of rotatable bonds is 4. The smallest absolute Gasteiger partial charge is 0.194 e. The van der Waals surface area contributed by atoms with E-state index in [9.17, 15) is 9.18 Å². The zero-order valence-corrected chi connectivity index (χ0v) is 10.9. The predicted octanol–water partition coefficient (Wildman–Crippen LogP) is 3.16. The molecule has 2 unspecified atom stereocenters. The third kappa shape index (κ3) is 2.42. The van der Waals surface area contributed by atoms with E-state index in [1.165, 1.54) is 12.1 Å². The van der Waals surface area contributed by atoms with Crippen LogP contribution in [-0.4, -0.2) is 19.0 Å². The zero-order valence-electron chi connectivity index (χ0n) is 10.9. The third-order valence-electron chi connectivity index (χ3n) is 3.32. The molecule has 0 radical (unpaired) electrons. The lowest BCUT2D eigenvalue weighted by Crippen LogP contribution is -2.08. The molecule has 2 atom stereocenters. The molecule has 0 N–H and O–H groups in total. The van der Waals surface area contributed by atoms with E-state index >= 15 is 0 Å². The fourth-order valence-corrected chi connectivity index (χ4v) is 2.14. The van der Waals surface area contributed by atoms with E-state index in [4.69, 9.17) is 9.47 Å². The molecule has 3 nitrogen and oxygen atoms in total. The molecule has 1 heterocycles. The zero-order chi connectivity index (χ0) is 14.1. The maximum absolute atomic E-state index is 12.8. The molecule has 20 heavy (non-hydrogen) atoms. The summed E-state index contributed by atoms with van der Waals surface area (Å²) >= 11 is 0. The van der Waals surface area contributed by atoms with Crippen LogP contribution in [0.5, 0.6) is 5.75 Å². The lowest BCUT2D eigenvalue weighted by Gasteiger charge is -2.01. The Labute approximate surface area is 115 Å². The lowest BCUT2D eigenvalue weighted by atomic mass is 10.0. The van der Waals surface area contributed by atoms with E-state index < -0.39 is 6.10 Å². The van der Waals surface area contributed by atoms with Crippen molar-refractivity contribution in [3.63, 3.8) is 0 Å². The summed E-state index contributed by atoms with van der Waals surface area (Å²) in [5.74, 6) is 0.336. The number of ketones is 1. The van der Waals surface area contributed by atoms with Crippen molar-refractivity contribution < 1.29 is 18.7 Å². The first-order valence-corrected chi connectivity index (χ1v) is 6.28. The maximum Gasteiger partial charge on any atom is 0.194 e. The van der Waals surface area contributed by atoms with Crippen molar-refractivity contribution in [2.45, 2.75) is 12.2 Å². The van der Waals surface area contributed by atoms with E-state index in [0.29, 0.717) is 11.3 Å². The third-order valence-corrected chi connectivity index (χ3v) is 3.32. The van der Waals surface area contributed by atoms with Crippen molar-refractivity contribution in [2.75, 3.05) is 7.11 Å². The monoisotopic (exact) mass is 272 g/mol. The highest BCUT2D eigenvalue weighted by Crippen LogP contribution is 2.40. The quantitative estimate of drug-likeness (QED) is 0.634. The molecule has 0 bridgehead atoms. The molecule has 102 valence electrons. The Morgan fingerprint density at radius 1 is 1.10 bits per heavy atom. The largest absolute Gasteiger partial charge is 0.497 e. The predicted molar refractivity (Wildman–Crippen MR) is 71.3 cm³/mol. The van der Waals surface area contributed by atoms with Crippen molar-refractivity contribution >= 4 is 5.78 Å². The number of ether oxygens (including phenoxy) is 2. The summed E-state index contributed by atoms with van der Waals surface area (Å²) in [7, 11) is 1.57. The molecule has 1 aliphatic rings. The molecule has 1 aliphatic heterocycles. The summed E-state index contributed by atoms with van der Waals surface area (Å²) in [5, 5.41) is 0. The average molecular weight is 272 g/mol. The van der Waals surface area contributed by atoms with Crippen LogP contribution in [0.25, 0.3) is 0 Å². The van der Waals surface area contributed by atoms with Crippen molar-refractivity contribution in [2.24, 2.45) is 0 Å². The van der Waals surface area contributed by atoms with Crippen LogP contribution in [-0.2, 0) is 4.74 Å². The van der Waals surface area contributed by atoms with Gasteiger partial charge in [-0.2, -0.15) is 0 Å². The van der Waals surface area contributed by atoms with Gasteiger partial charge in [0.2, 0.25) is 0 Å². The van der Waals surface area contributed by atoms with E-state index in [-0.39, 0.29) is 17.7 Å². The summed E-state index contributed by atoms with van der Waals surface area (Å²) in [6.45, 7) is 0. The fraction of sp³-hybridized carbons (Fsp3) is 0.188. The Kier molecular flexibility index (Phi) is 3.24. The number of carbonyl (C=O) groups is 1. The first-order valence-electron chi connectivity index (χ1n) is 6.28. The molecule has 3 rings (SSSR count). The number of halogens is 1. The molecule has 1 saturated heterocycles. The molecule has 0 aromatic heterocycles. The summed E-state index contributed by atoms with van der Waals surface area (Å²) in [6, 6.07) is 12.9. The van der Waals surface area contributed by atoms with Crippen LogP contribution in [0.1, 0.15) is 22.0 Å². The molecule has 0 aliphatic carbocycles. The van der Waals surface area contributed by atoms with Gasteiger partial charge in [0.25, 0.3) is 0 Å². The minimum absolute atomic E-state index is 0.0676. The average Bonchev–Trinajstić information content (AvgIpc) is 3.28. The van der Waals surface area contributed by atoms with E-state index in [2.05, 4.69) is 0 Å². The summed E-state index contributed by atoms with van der Waals surface area (Å²) in [5.41, 5.74) is 1.40. The number of hydrogen-bond donors (Lipinski definition) is 0. The minimum Gasteiger partial charge on any atom is -0.497 e. The maximum atomic E-state index is 12.8. The van der Waals surface area contributed by atoms with Gasteiger partial charge in [-0.1, -0.05) is 12.1 Å². The van der Waals surface area contributed by atoms with Crippen molar-refractivity contribution in [1.82, 2.24) is 0 Å². The van der Waals surface area contributed by atoms with Crippen LogP contribution in [0.15, 0.2) is 48.5 Å². The molecule has 4 heteroatoms. The fourth-order valence-electron chi connectivity index (χ4n) is 2.14. The van der Waals surface area contributed by atoms with Crippen LogP contribution in [0.4, 0.5) is 4.39 Å². The topological polar surface area (TPSA) is 38.8 Å². The number of benzene rings is 2. The standard InChI is InChI=1S/C16H13FO3/c1-19-13-8-4-10(5-9-13)14(18)16-15(20-16)11-2-6-12(17)7-3-11/h2-9,15-16H,1H3. The first kappa shape index (κ1) is 12.8. The molecule has 0 amide bonds. The van der Waals surface area contributed by atoms with Gasteiger partial charge in [-0.25, -0.2) is 4.39 Å². The molecule has 2 aromatic rings. The van der Waals surface area contributed by atoms with Gasteiger partial charge >= 0.3 is 0 Å². The Hall–Kier alpha value is -2.20. The van der Waals surface area contributed by atoms with Crippen molar-refractivity contribution in [1.29, 1.82) is 0 Å². The van der Waals surface area contributed by atoms with Gasteiger partial charge in [0.05, 0.1) is 7.11 Å². The highest BCUT2D eigenvalue weighted by molar-refractivity contribution is 6.01. The van der Waals surface area contributed by atoms with Crippen molar-refractivity contribution in [3.05, 3.63) is 65.5 Å². The summed E-state index contributed by atoms with van der Waals surface area (Å²) in [6.07, 6.45) is -0.751. The Balaban J connectivity index is 1.71. The SMILES string of the molecule is COc1ccc(C(=O)C2OC2c2ccc(F)cc2)cc1. The van der Waals surface area contributed by atoms with Gasteiger partial charge in [-0.15, -0.1) is 0 Å². The second-order valence-electron chi connectivity index (χ2n) is 4.62. The normalized spacial score (nSPS) is 20.5. The Morgan fingerprint density at radius 3 is 2.35 bits per heavy atom. The van der Waals surface area contributed by atoms with Crippen LogP contribution < -0.4 is 4.74 Å². The number of methoxy groups -OCH3 is 1. The molecule has 0 saturated carbocycles. The highest BCUT2D eigenvalue weighted by atomic mass is 19.1. The van der Waals surface area contributed by atoms with Crippen molar-refractivity contribution in [3.8, 4) is 5.75 Å². The van der Waals surface area contributed by atoms with E-state index in [0.717, 1.165) is 5.56 Å². The van der Waals surface area contributed by atoms with Crippen LogP contribution in [0, 0.1) is 5.82 Å².